The van der Waals surface area contributed by atoms with Gasteiger partial charge in [-0.3, -0.25) is 0 Å². The predicted octanol–water partition coefficient (Wildman–Crippen LogP) is 11.3. The molecule has 0 atom stereocenters. The van der Waals surface area contributed by atoms with E-state index < -0.39 is 18.1 Å². The summed E-state index contributed by atoms with van der Waals surface area (Å²) in [5.74, 6) is 0.706. The molecular formula is C45H30N4. The molecule has 2 aromatic heterocycles. The number of para-hydroxylation sites is 2. The molecule has 9 aromatic rings. The van der Waals surface area contributed by atoms with E-state index in [4.69, 9.17) is 21.8 Å². The third-order valence-electron chi connectivity index (χ3n) is 8.59. The fourth-order valence-corrected chi connectivity index (χ4v) is 6.20. The highest BCUT2D eigenvalue weighted by Crippen LogP contribution is 2.38. The monoisotopic (exact) mass is 633 g/mol. The molecule has 7 aromatic carbocycles. The topological polar surface area (TPSA) is 43.6 Å². The van der Waals surface area contributed by atoms with Crippen molar-refractivity contribution in [1.29, 1.82) is 0 Å². The number of rotatable bonds is 6. The van der Waals surface area contributed by atoms with Crippen molar-refractivity contribution in [3.8, 4) is 62.1 Å². The number of aromatic nitrogens is 4. The summed E-state index contributed by atoms with van der Waals surface area (Å²) in [5, 5.41) is 0.178. The van der Waals surface area contributed by atoms with Crippen LogP contribution in [0.4, 0.5) is 0 Å². The third-order valence-corrected chi connectivity index (χ3v) is 8.59. The van der Waals surface area contributed by atoms with Gasteiger partial charge in [0, 0.05) is 33.2 Å². The van der Waals surface area contributed by atoms with Crippen LogP contribution in [-0.2, 0) is 0 Å². The smallest absolute Gasteiger partial charge is 0.166 e. The van der Waals surface area contributed by atoms with Gasteiger partial charge in [-0.25, -0.2) is 15.0 Å². The Morgan fingerprint density at radius 3 is 1.45 bits per heavy atom. The summed E-state index contributed by atoms with van der Waals surface area (Å²) in [6.45, 7) is 0. The maximum atomic E-state index is 9.41. The number of hydrogen-bond donors (Lipinski definition) is 0. The van der Waals surface area contributed by atoms with Crippen LogP contribution in [0.25, 0.3) is 83.9 Å². The maximum Gasteiger partial charge on any atom is 0.166 e. The lowest BCUT2D eigenvalue weighted by Crippen LogP contribution is -2.02. The van der Waals surface area contributed by atoms with Gasteiger partial charge in [-0.15, -0.1) is 0 Å². The van der Waals surface area contributed by atoms with Crippen LogP contribution in [0.3, 0.4) is 0 Å². The molecule has 0 saturated heterocycles. The molecule has 0 saturated carbocycles. The van der Waals surface area contributed by atoms with Crippen LogP contribution < -0.4 is 0 Å². The molecule has 0 aliphatic carbocycles. The largest absolute Gasteiger partial charge is 0.308 e. The van der Waals surface area contributed by atoms with E-state index in [0.717, 1.165) is 22.3 Å². The summed E-state index contributed by atoms with van der Waals surface area (Å²) in [5.41, 5.74) is 6.34. The van der Waals surface area contributed by atoms with E-state index in [1.54, 1.807) is 4.57 Å². The molecule has 4 nitrogen and oxygen atoms in total. The second kappa shape index (κ2) is 12.2. The summed E-state index contributed by atoms with van der Waals surface area (Å²) in [7, 11) is 0. The van der Waals surface area contributed by atoms with Crippen LogP contribution in [0.1, 0.15) is 9.60 Å². The van der Waals surface area contributed by atoms with Crippen molar-refractivity contribution in [2.75, 3.05) is 0 Å². The Balaban J connectivity index is 1.37. The molecule has 0 aliphatic rings. The van der Waals surface area contributed by atoms with Crippen LogP contribution in [0.5, 0.6) is 0 Å². The van der Waals surface area contributed by atoms with E-state index in [0.29, 0.717) is 28.5 Å². The lowest BCUT2D eigenvalue weighted by molar-refractivity contribution is 1.07. The van der Waals surface area contributed by atoms with Gasteiger partial charge in [-0.05, 0) is 46.5 Å². The molecule has 0 amide bonds. The molecule has 0 bridgehead atoms. The highest BCUT2D eigenvalue weighted by molar-refractivity contribution is 6.13. The first-order valence-electron chi connectivity index (χ1n) is 19.4. The Morgan fingerprint density at radius 1 is 0.388 bits per heavy atom. The number of hydrogen-bond acceptors (Lipinski definition) is 3. The lowest BCUT2D eigenvalue weighted by Gasteiger charge is -2.13. The summed E-state index contributed by atoms with van der Waals surface area (Å²) in [4.78, 5) is 14.8. The van der Waals surface area contributed by atoms with Crippen molar-refractivity contribution in [2.24, 2.45) is 0 Å². The van der Waals surface area contributed by atoms with Crippen molar-refractivity contribution in [3.05, 3.63) is 182 Å². The van der Waals surface area contributed by atoms with Crippen molar-refractivity contribution in [3.63, 3.8) is 0 Å². The van der Waals surface area contributed by atoms with Gasteiger partial charge in [0.25, 0.3) is 0 Å². The Morgan fingerprint density at radius 2 is 0.837 bits per heavy atom. The highest BCUT2D eigenvalue weighted by Gasteiger charge is 2.20. The average Bonchev–Trinajstić information content (AvgIpc) is 3.61. The van der Waals surface area contributed by atoms with Gasteiger partial charge >= 0.3 is 0 Å². The van der Waals surface area contributed by atoms with Crippen LogP contribution in [-0.4, -0.2) is 19.5 Å². The van der Waals surface area contributed by atoms with Gasteiger partial charge in [0.05, 0.1) is 20.6 Å². The van der Waals surface area contributed by atoms with Gasteiger partial charge in [-0.1, -0.05) is 158 Å². The van der Waals surface area contributed by atoms with E-state index >= 15 is 0 Å². The Hall–Kier alpha value is -6.65. The normalized spacial score (nSPS) is 13.3. The second-order valence-corrected chi connectivity index (χ2v) is 11.6. The van der Waals surface area contributed by atoms with Gasteiger partial charge in [0.2, 0.25) is 0 Å². The van der Waals surface area contributed by atoms with E-state index in [-0.39, 0.29) is 57.4 Å². The molecule has 0 radical (unpaired) electrons. The Labute approximate surface area is 294 Å². The minimum atomic E-state index is -0.462. The molecule has 9 rings (SSSR count). The Bertz CT molecular complexity index is 2950. The van der Waals surface area contributed by atoms with Gasteiger partial charge < -0.3 is 4.57 Å². The first-order valence-corrected chi connectivity index (χ1v) is 15.9. The van der Waals surface area contributed by atoms with Crippen molar-refractivity contribution in [1.82, 2.24) is 19.5 Å². The van der Waals surface area contributed by atoms with Gasteiger partial charge in [0.1, 0.15) is 0 Å². The zero-order valence-electron chi connectivity index (χ0n) is 33.1. The summed E-state index contributed by atoms with van der Waals surface area (Å²) >= 11 is 0. The van der Waals surface area contributed by atoms with Crippen LogP contribution in [0, 0.1) is 0 Å². The van der Waals surface area contributed by atoms with E-state index in [2.05, 4.69) is 0 Å². The molecule has 0 N–H and O–H groups in total. The van der Waals surface area contributed by atoms with Crippen LogP contribution in [0.15, 0.2) is 182 Å². The zero-order chi connectivity index (χ0) is 38.7. The standard InChI is InChI=1S/C45H30N4/c1-4-13-31(14-5-1)33-23-25-36(26-24-33)44-46-43(35-17-8-3-9-18-35)47-45(48-44)40-21-12-20-39-38-19-10-11-22-41(38)49(42(39)40)37-29-27-34(28-30-37)32-15-6-2-7-16-32/h1-30H/i10D,11D,12D,19D,20D,21D,22D. The molecule has 230 valence electrons. The number of benzene rings is 7. The van der Waals surface area contributed by atoms with E-state index in [1.165, 1.54) is 0 Å². The van der Waals surface area contributed by atoms with E-state index in [9.17, 15) is 2.74 Å². The summed E-state index contributed by atoms with van der Waals surface area (Å²) in [6.07, 6.45) is 0. The quantitative estimate of drug-likeness (QED) is 0.183. The molecule has 0 fully saturated rings. The van der Waals surface area contributed by atoms with Gasteiger partial charge in [-0.2, -0.15) is 0 Å². The molecule has 0 aliphatic heterocycles. The summed E-state index contributed by atoms with van der Waals surface area (Å²) in [6, 6.07) is 41.9. The van der Waals surface area contributed by atoms with E-state index in [1.807, 2.05) is 140 Å². The van der Waals surface area contributed by atoms with Gasteiger partial charge in [0.15, 0.2) is 17.5 Å². The minimum absolute atomic E-state index is 0.0599. The van der Waals surface area contributed by atoms with Crippen molar-refractivity contribution in [2.45, 2.75) is 0 Å². The molecule has 4 heteroatoms. The second-order valence-electron chi connectivity index (χ2n) is 11.6. The molecule has 0 unspecified atom stereocenters. The lowest BCUT2D eigenvalue weighted by atomic mass is 10.0. The van der Waals surface area contributed by atoms with Crippen molar-refractivity contribution >= 4 is 21.8 Å². The molecule has 49 heavy (non-hydrogen) atoms. The van der Waals surface area contributed by atoms with Crippen LogP contribution in [0.2, 0.25) is 0 Å². The first kappa shape index (κ1) is 22.0. The minimum Gasteiger partial charge on any atom is -0.308 e. The predicted molar refractivity (Wildman–Crippen MR) is 201 cm³/mol. The molecular weight excluding hydrogens is 597 g/mol. The molecule has 0 spiro atoms. The molecule has 2 heterocycles. The van der Waals surface area contributed by atoms with Crippen molar-refractivity contribution < 1.29 is 9.60 Å². The SMILES string of the molecule is [2H]c1c([2H])c([2H])c2c(c1[2H])c1c([2H])c([2H])c([2H])c(-c3nc(-c4ccccc4)nc(-c4ccc(-c5ccccc5)cc4)n3)c1n2-c1ccc(-c2ccccc2)cc1. The fourth-order valence-electron chi connectivity index (χ4n) is 6.20. The highest BCUT2D eigenvalue weighted by atomic mass is 15.0. The zero-order valence-corrected chi connectivity index (χ0v) is 26.1. The average molecular weight is 634 g/mol. The maximum absolute atomic E-state index is 9.41. The van der Waals surface area contributed by atoms with Crippen LogP contribution >= 0.6 is 0 Å². The fraction of sp³-hybridized carbons (Fsp3) is 0. The Kier molecular flexibility index (Phi) is 5.47. The first-order chi connectivity index (χ1) is 27.2. The third kappa shape index (κ3) is 5.26. The summed E-state index contributed by atoms with van der Waals surface area (Å²) < 4.78 is 64.8. The number of fused-ring (bicyclic) bond motifs is 3. The number of nitrogens with zero attached hydrogens (tertiary/aromatic N) is 4.